The second-order valence-corrected chi connectivity index (χ2v) is 1.15. The summed E-state index contributed by atoms with van der Waals surface area (Å²) in [7, 11) is -11.7. The Hall–Kier alpha value is 6.99. The summed E-state index contributed by atoms with van der Waals surface area (Å²) in [6, 6.07) is 0. The molecule has 0 atom stereocenters. The maximum absolute atomic E-state index is 8.42. The molecule has 0 aliphatic heterocycles. The van der Waals surface area contributed by atoms with Crippen molar-refractivity contribution in [1.82, 2.24) is 0 Å². The van der Waals surface area contributed by atoms with E-state index < -0.39 is 29.3 Å². The van der Waals surface area contributed by atoms with Crippen molar-refractivity contribution in [3.05, 3.63) is 0 Å². The molecule has 0 unspecified atom stereocenters. The Labute approximate surface area is 302 Å². The van der Waals surface area contributed by atoms with E-state index in [0.29, 0.717) is 0 Å². The fourth-order valence-electron chi connectivity index (χ4n) is 0. The Kier molecular flexibility index (Phi) is 136. The summed E-state index contributed by atoms with van der Waals surface area (Å²) in [5.74, 6) is 0. The van der Waals surface area contributed by atoms with Crippen LogP contribution in [0.5, 0.6) is 0 Å². The van der Waals surface area contributed by atoms with Gasteiger partial charge in [-0.2, -0.15) is 0 Å². The molecule has 0 amide bonds. The first-order chi connectivity index (χ1) is 6.93. The maximum Gasteiger partial charge on any atom is 3.00 e. The quantitative estimate of drug-likeness (QED) is 0.206. The van der Waals surface area contributed by atoms with Crippen molar-refractivity contribution in [2.24, 2.45) is 0 Å². The van der Waals surface area contributed by atoms with Crippen LogP contribution in [0, 0.1) is 124 Å². The van der Waals surface area contributed by atoms with E-state index in [1.54, 1.807) is 0 Å². The second kappa shape index (κ2) is 50.6. The molecule has 0 saturated heterocycles. The first-order valence-electron chi connectivity index (χ1n) is 2.83. The van der Waals surface area contributed by atoms with Crippen LogP contribution in [-0.4, -0.2) is 74.8 Å². The monoisotopic (exact) mass is 849 g/mol. The van der Waals surface area contributed by atoms with Crippen LogP contribution < -0.4 is 112 Å². The fraction of sp³-hybridized carbons (Fsp3) is 0. The number of hydrogen-bond donors (Lipinski definition) is 0. The average Bonchev–Trinajstić information content (AvgIpc) is 1.76. The molecule has 0 aromatic rings. The Morgan fingerprint density at radius 3 is 0.429 bits per heavy atom. The summed E-state index contributed by atoms with van der Waals surface area (Å²) >= 11 is 0. The average molecular weight is 845 g/mol. The molecule has 0 aliphatic carbocycles. The Morgan fingerprint density at radius 1 is 0.429 bits per heavy atom. The summed E-state index contributed by atoms with van der Waals surface area (Å²) in [5, 5.41) is 101. The molecule has 0 rings (SSSR count). The molecule has 0 aromatic heterocycles. The van der Waals surface area contributed by atoms with Gasteiger partial charge < -0.3 is 60.3 Å². The van der Waals surface area contributed by atoms with Gasteiger partial charge in [-0.25, -0.2) is 0 Å². The van der Waals surface area contributed by atoms with Crippen molar-refractivity contribution in [1.29, 1.82) is 0 Å². The topological polar surface area (TPSA) is 277 Å². The van der Waals surface area contributed by atoms with Crippen LogP contribution in [0.2, 0.25) is 0 Å². The Bertz CT molecular complexity index is 84.2. The molecule has 0 fully saturated rings. The largest absolute Gasteiger partial charge is 3.00 e. The van der Waals surface area contributed by atoms with Crippen molar-refractivity contribution in [3.63, 3.8) is 0 Å². The normalized spacial score (nSPS) is 5.14. The molecule has 0 N–H and O–H groups in total. The van der Waals surface area contributed by atoms with E-state index in [4.69, 9.17) is 60.3 Å². The zero-order valence-corrected chi connectivity index (χ0v) is 22.7. The first kappa shape index (κ1) is 56.5. The minimum atomic E-state index is -2.92. The predicted molar refractivity (Wildman–Crippen MR) is 28.8 cm³/mol. The summed E-state index contributed by atoms with van der Waals surface area (Å²) in [5.41, 5.74) is 0. The third-order valence-electron chi connectivity index (χ3n) is 0. The first-order valence-corrected chi connectivity index (χ1v) is 2.83. The van der Waals surface area contributed by atoms with Crippen molar-refractivity contribution < 1.29 is 236 Å². The van der Waals surface area contributed by atoms with E-state index in [0.717, 1.165) is 0 Å². The molecular weight excluding hydrogens is 845 g/mol. The third-order valence-corrected chi connectivity index (χ3v) is 0. The molecule has 12 nitrogen and oxygen atoms in total. The Balaban J connectivity index is -0.0000000121. The number of rotatable bonds is 0. The van der Waals surface area contributed by atoms with Crippen LogP contribution in [0.25, 0.3) is 0 Å². The molecule has 0 aromatic carbocycles. The van der Waals surface area contributed by atoms with E-state index in [2.05, 4.69) is 0 Å². The molecule has 0 saturated carbocycles. The van der Waals surface area contributed by atoms with Crippen LogP contribution in [0.15, 0.2) is 0 Å². The molecule has 1 radical (unpaired) electrons. The number of hydrogen-bond acceptors (Lipinski definition) is 12. The van der Waals surface area contributed by atoms with E-state index >= 15 is 0 Å². The van der Waals surface area contributed by atoms with Gasteiger partial charge in [0.05, 0.1) is 0 Å². The summed E-state index contributed by atoms with van der Waals surface area (Å²) in [6.45, 7) is 0. The smallest absolute Gasteiger partial charge is 0.907 e. The van der Waals surface area contributed by atoms with Gasteiger partial charge in [-0.05, 0) is 0 Å². The van der Waals surface area contributed by atoms with Gasteiger partial charge in [-0.1, -0.05) is 0 Å². The molecule has 117 valence electrons. The molecule has 0 spiro atoms. The van der Waals surface area contributed by atoms with Gasteiger partial charge >= 0.3 is 221 Å². The predicted octanol–water partition coefficient (Wildman–Crippen LogP) is -19.2. The second-order valence-electron chi connectivity index (χ2n) is 1.15. The van der Waals surface area contributed by atoms with Crippen LogP contribution in [0.4, 0.5) is 0 Å². The van der Waals surface area contributed by atoms with Crippen molar-refractivity contribution in [2.45, 2.75) is 0 Å². The molecule has 21 heavy (non-hydrogen) atoms. The molecule has 21 heteroatoms. The zero-order valence-electron chi connectivity index (χ0n) is 9.89. The molecule has 0 heterocycles. The minimum absolute atomic E-state index is 0. The van der Waals surface area contributed by atoms with E-state index in [9.17, 15) is 0 Å². The summed E-state index contributed by atoms with van der Waals surface area (Å²) in [4.78, 5) is 0. The van der Waals surface area contributed by atoms with Crippen molar-refractivity contribution in [3.8, 4) is 0 Å². The third kappa shape index (κ3) is 345. The molecule has 0 bridgehead atoms. The van der Waals surface area contributed by atoms with Gasteiger partial charge in [-0.3, -0.25) is 29.3 Å². The summed E-state index contributed by atoms with van der Waals surface area (Å²) in [6.07, 6.45) is 0. The van der Waals surface area contributed by atoms with E-state index in [1.165, 1.54) is 0 Å². The SMILES string of the molecule is [Dy+3].[Eu+3].[K+].[O-]B([O-])[O-].[O-]B([O-])[O-].[O-]B([O-])[O-].[O-]B([O-])[O-].[Sr+2].[Tm+3]. The van der Waals surface area contributed by atoms with Gasteiger partial charge in [0.1, 0.15) is 0 Å². The maximum atomic E-state index is 8.42. The van der Waals surface area contributed by atoms with Gasteiger partial charge in [0.2, 0.25) is 0 Å². The minimum Gasteiger partial charge on any atom is -0.907 e. The standard InChI is InChI=1S/4BO3.Dy.Eu.K.Sr.Tm/c4*2-1(3)4;;;;;/q4*-3;2*+3;+1;+2;+3. The summed E-state index contributed by atoms with van der Waals surface area (Å²) < 4.78 is 0. The van der Waals surface area contributed by atoms with E-state index in [1.807, 2.05) is 0 Å². The molecular formula is B4DyEuKO12SrTm. The fourth-order valence-corrected chi connectivity index (χ4v) is 0. The van der Waals surface area contributed by atoms with Crippen molar-refractivity contribution in [2.75, 3.05) is 0 Å². The molecule has 0 aliphatic rings. The van der Waals surface area contributed by atoms with Crippen LogP contribution in [0.1, 0.15) is 0 Å². The van der Waals surface area contributed by atoms with E-state index in [-0.39, 0.29) is 221 Å². The Morgan fingerprint density at radius 2 is 0.429 bits per heavy atom. The van der Waals surface area contributed by atoms with Crippen LogP contribution in [0.3, 0.4) is 0 Å². The van der Waals surface area contributed by atoms with Crippen LogP contribution in [-0.2, 0) is 0 Å². The van der Waals surface area contributed by atoms with Gasteiger partial charge in [0, 0.05) is 0 Å². The van der Waals surface area contributed by atoms with Gasteiger partial charge in [0.15, 0.2) is 0 Å². The van der Waals surface area contributed by atoms with Crippen molar-refractivity contribution >= 4 is 74.8 Å². The van der Waals surface area contributed by atoms with Gasteiger partial charge in [0.25, 0.3) is 0 Å². The van der Waals surface area contributed by atoms with Crippen LogP contribution >= 0.6 is 0 Å². The van der Waals surface area contributed by atoms with Gasteiger partial charge in [-0.15, -0.1) is 0 Å². The zero-order chi connectivity index (χ0) is 14.3.